The third kappa shape index (κ3) is 4.85. The molecular weight excluding hydrogens is 330 g/mol. The SMILES string of the molecule is CN(C)C(=O)c1ccc(NC(=O)CSc2nc(N)cc(=O)[nH]2)cc1. The zero-order valence-electron chi connectivity index (χ0n) is 13.2. The number of anilines is 2. The Kier molecular flexibility index (Phi) is 5.59. The minimum Gasteiger partial charge on any atom is -0.383 e. The van der Waals surface area contributed by atoms with E-state index in [4.69, 9.17) is 5.73 Å². The van der Waals surface area contributed by atoms with Gasteiger partial charge in [-0.05, 0) is 24.3 Å². The van der Waals surface area contributed by atoms with Crippen LogP contribution in [0.1, 0.15) is 10.4 Å². The quantitative estimate of drug-likeness (QED) is 0.543. The predicted octanol–water partition coefficient (Wildman–Crippen LogP) is 0.785. The maximum atomic E-state index is 11.9. The number of rotatable bonds is 5. The van der Waals surface area contributed by atoms with Crippen molar-refractivity contribution in [2.75, 3.05) is 30.9 Å². The van der Waals surface area contributed by atoms with Crippen molar-refractivity contribution < 1.29 is 9.59 Å². The second kappa shape index (κ2) is 7.64. The Labute approximate surface area is 142 Å². The summed E-state index contributed by atoms with van der Waals surface area (Å²) >= 11 is 1.07. The molecule has 2 amide bonds. The van der Waals surface area contributed by atoms with E-state index in [0.29, 0.717) is 11.3 Å². The number of benzene rings is 1. The summed E-state index contributed by atoms with van der Waals surface area (Å²) in [6, 6.07) is 7.75. The Morgan fingerprint density at radius 3 is 2.54 bits per heavy atom. The summed E-state index contributed by atoms with van der Waals surface area (Å²) in [7, 11) is 3.34. The number of H-pyrrole nitrogens is 1. The molecule has 0 aliphatic rings. The third-order valence-corrected chi connectivity index (χ3v) is 3.77. The summed E-state index contributed by atoms with van der Waals surface area (Å²) < 4.78 is 0. The van der Waals surface area contributed by atoms with Crippen molar-refractivity contribution in [3.05, 3.63) is 46.2 Å². The molecule has 0 atom stereocenters. The molecule has 4 N–H and O–H groups in total. The molecule has 1 aromatic heterocycles. The van der Waals surface area contributed by atoms with Crippen LogP contribution in [-0.4, -0.2) is 46.5 Å². The van der Waals surface area contributed by atoms with E-state index in [1.807, 2.05) is 0 Å². The number of nitrogen functional groups attached to an aromatic ring is 1. The fourth-order valence-corrected chi connectivity index (χ4v) is 2.49. The molecule has 9 heteroatoms. The van der Waals surface area contributed by atoms with E-state index < -0.39 is 0 Å². The van der Waals surface area contributed by atoms with Crippen molar-refractivity contribution in [2.45, 2.75) is 5.16 Å². The fourth-order valence-electron chi connectivity index (χ4n) is 1.81. The second-order valence-electron chi connectivity index (χ2n) is 5.09. The van der Waals surface area contributed by atoms with Crippen LogP contribution in [0.2, 0.25) is 0 Å². The number of hydrogen-bond donors (Lipinski definition) is 3. The van der Waals surface area contributed by atoms with E-state index in [1.165, 1.54) is 11.0 Å². The summed E-state index contributed by atoms with van der Waals surface area (Å²) in [5.41, 5.74) is 6.21. The van der Waals surface area contributed by atoms with E-state index in [1.54, 1.807) is 38.4 Å². The van der Waals surface area contributed by atoms with E-state index in [0.717, 1.165) is 11.8 Å². The van der Waals surface area contributed by atoms with Gasteiger partial charge in [-0.3, -0.25) is 14.4 Å². The second-order valence-corrected chi connectivity index (χ2v) is 6.05. The van der Waals surface area contributed by atoms with Crippen LogP contribution in [0.5, 0.6) is 0 Å². The number of hydrogen-bond acceptors (Lipinski definition) is 6. The van der Waals surface area contributed by atoms with E-state index >= 15 is 0 Å². The van der Waals surface area contributed by atoms with Gasteiger partial charge in [-0.2, -0.15) is 0 Å². The van der Waals surface area contributed by atoms with Crippen molar-refractivity contribution in [3.63, 3.8) is 0 Å². The highest BCUT2D eigenvalue weighted by molar-refractivity contribution is 7.99. The van der Waals surface area contributed by atoms with Gasteiger partial charge in [0.1, 0.15) is 5.82 Å². The highest BCUT2D eigenvalue weighted by Crippen LogP contribution is 2.14. The first-order valence-corrected chi connectivity index (χ1v) is 7.95. The lowest BCUT2D eigenvalue weighted by atomic mass is 10.2. The number of nitrogens with two attached hydrogens (primary N) is 1. The van der Waals surface area contributed by atoms with Crippen LogP contribution in [0, 0.1) is 0 Å². The minimum atomic E-state index is -0.369. The zero-order chi connectivity index (χ0) is 17.7. The first-order chi connectivity index (χ1) is 11.3. The monoisotopic (exact) mass is 347 g/mol. The Bertz CT molecular complexity index is 802. The molecule has 0 unspecified atom stereocenters. The smallest absolute Gasteiger partial charge is 0.253 e. The number of nitrogens with zero attached hydrogens (tertiary/aromatic N) is 2. The molecule has 24 heavy (non-hydrogen) atoms. The van der Waals surface area contributed by atoms with Gasteiger partial charge in [0.05, 0.1) is 5.75 Å². The number of nitrogens with one attached hydrogen (secondary N) is 2. The summed E-state index contributed by atoms with van der Waals surface area (Å²) in [5, 5.41) is 2.98. The topological polar surface area (TPSA) is 121 Å². The molecule has 0 fully saturated rings. The normalized spacial score (nSPS) is 10.2. The van der Waals surface area contributed by atoms with Gasteiger partial charge >= 0.3 is 0 Å². The number of carbonyl (C=O) groups excluding carboxylic acids is 2. The van der Waals surface area contributed by atoms with Crippen molar-refractivity contribution in [1.82, 2.24) is 14.9 Å². The molecule has 0 aliphatic carbocycles. The molecule has 2 aromatic rings. The van der Waals surface area contributed by atoms with Gasteiger partial charge in [0, 0.05) is 31.4 Å². The third-order valence-electron chi connectivity index (χ3n) is 2.90. The van der Waals surface area contributed by atoms with E-state index in [-0.39, 0.29) is 34.1 Å². The predicted molar refractivity (Wildman–Crippen MR) is 93.1 cm³/mol. The Morgan fingerprint density at radius 1 is 1.29 bits per heavy atom. The largest absolute Gasteiger partial charge is 0.383 e. The molecule has 1 heterocycles. The van der Waals surface area contributed by atoms with Crippen LogP contribution in [0.3, 0.4) is 0 Å². The maximum absolute atomic E-state index is 11.9. The van der Waals surface area contributed by atoms with Crippen LogP contribution >= 0.6 is 11.8 Å². The molecule has 2 rings (SSSR count). The average Bonchev–Trinajstić information content (AvgIpc) is 2.52. The molecule has 0 saturated carbocycles. The molecule has 0 radical (unpaired) electrons. The maximum Gasteiger partial charge on any atom is 0.253 e. The van der Waals surface area contributed by atoms with E-state index in [9.17, 15) is 14.4 Å². The van der Waals surface area contributed by atoms with Crippen LogP contribution < -0.4 is 16.6 Å². The van der Waals surface area contributed by atoms with Gasteiger partial charge in [0.15, 0.2) is 5.16 Å². The first kappa shape index (κ1) is 17.5. The minimum absolute atomic E-state index is 0.0603. The molecule has 8 nitrogen and oxygen atoms in total. The van der Waals surface area contributed by atoms with Gasteiger partial charge < -0.3 is 20.9 Å². The highest BCUT2D eigenvalue weighted by atomic mass is 32.2. The Hall–Kier alpha value is -2.81. The van der Waals surface area contributed by atoms with Gasteiger partial charge in [-0.15, -0.1) is 0 Å². The highest BCUT2D eigenvalue weighted by Gasteiger charge is 2.09. The summed E-state index contributed by atoms with van der Waals surface area (Å²) in [4.78, 5) is 42.9. The van der Waals surface area contributed by atoms with Crippen LogP contribution in [0.15, 0.2) is 40.3 Å². The van der Waals surface area contributed by atoms with Crippen molar-refractivity contribution in [1.29, 1.82) is 0 Å². The molecule has 1 aromatic carbocycles. The number of amides is 2. The lowest BCUT2D eigenvalue weighted by molar-refractivity contribution is -0.113. The van der Waals surface area contributed by atoms with Crippen molar-refractivity contribution in [3.8, 4) is 0 Å². The number of thioether (sulfide) groups is 1. The molecule has 0 bridgehead atoms. The van der Waals surface area contributed by atoms with Gasteiger partial charge in [-0.25, -0.2) is 4.98 Å². The number of aromatic nitrogens is 2. The molecule has 0 saturated heterocycles. The lowest BCUT2D eigenvalue weighted by Gasteiger charge is -2.11. The van der Waals surface area contributed by atoms with Crippen molar-refractivity contribution in [2.24, 2.45) is 0 Å². The number of aromatic amines is 1. The van der Waals surface area contributed by atoms with Crippen molar-refractivity contribution >= 4 is 35.1 Å². The Balaban J connectivity index is 1.92. The van der Waals surface area contributed by atoms with Gasteiger partial charge in [-0.1, -0.05) is 11.8 Å². The first-order valence-electron chi connectivity index (χ1n) is 6.96. The molecular formula is C15H17N5O3S. The summed E-state index contributed by atoms with van der Waals surface area (Å²) in [6.45, 7) is 0. The van der Waals surface area contributed by atoms with Crippen LogP contribution in [-0.2, 0) is 4.79 Å². The molecule has 126 valence electrons. The summed E-state index contributed by atoms with van der Waals surface area (Å²) in [6.07, 6.45) is 0. The van der Waals surface area contributed by atoms with Gasteiger partial charge in [0.2, 0.25) is 5.91 Å². The fraction of sp³-hybridized carbons (Fsp3) is 0.200. The Morgan fingerprint density at radius 2 is 1.96 bits per heavy atom. The van der Waals surface area contributed by atoms with E-state index in [2.05, 4.69) is 15.3 Å². The number of carbonyl (C=O) groups is 2. The average molecular weight is 347 g/mol. The van der Waals surface area contributed by atoms with Gasteiger partial charge in [0.25, 0.3) is 11.5 Å². The zero-order valence-corrected chi connectivity index (χ0v) is 14.0. The molecule has 0 aliphatic heterocycles. The standard InChI is InChI=1S/C15H17N5O3S/c1-20(2)14(23)9-3-5-10(6-4-9)17-13(22)8-24-15-18-11(16)7-12(21)19-15/h3-7H,8H2,1-2H3,(H,17,22)(H3,16,18,19,21). The lowest BCUT2D eigenvalue weighted by Crippen LogP contribution is -2.21. The van der Waals surface area contributed by atoms with Crippen LogP contribution in [0.4, 0.5) is 11.5 Å². The summed E-state index contributed by atoms with van der Waals surface area (Å²) in [5.74, 6) is -0.218. The van der Waals surface area contributed by atoms with Crippen LogP contribution in [0.25, 0.3) is 0 Å². The molecule has 0 spiro atoms.